The lowest BCUT2D eigenvalue weighted by atomic mass is 9.92. The fourth-order valence-corrected chi connectivity index (χ4v) is 4.63. The fourth-order valence-electron chi connectivity index (χ4n) is 4.63. The number of likely N-dealkylation sites (N-methyl/N-ethyl adjacent to an activating group) is 1. The van der Waals surface area contributed by atoms with Crippen molar-refractivity contribution in [1.82, 2.24) is 10.2 Å². The van der Waals surface area contributed by atoms with Crippen molar-refractivity contribution in [3.05, 3.63) is 70.3 Å². The van der Waals surface area contributed by atoms with Crippen LogP contribution >= 0.6 is 0 Å². The van der Waals surface area contributed by atoms with Gasteiger partial charge < -0.3 is 20.1 Å². The zero-order valence-corrected chi connectivity index (χ0v) is 21.4. The van der Waals surface area contributed by atoms with E-state index in [4.69, 9.17) is 9.84 Å². The molecule has 2 N–H and O–H groups in total. The summed E-state index contributed by atoms with van der Waals surface area (Å²) >= 11 is 0. The van der Waals surface area contributed by atoms with E-state index < -0.39 is 5.97 Å². The molecule has 0 saturated carbocycles. The third kappa shape index (κ3) is 8.61. The number of amides is 1. The lowest BCUT2D eigenvalue weighted by Crippen LogP contribution is -2.28. The van der Waals surface area contributed by atoms with Crippen molar-refractivity contribution >= 4 is 11.9 Å². The molecule has 3 aliphatic carbocycles. The van der Waals surface area contributed by atoms with E-state index in [1.165, 1.54) is 24.1 Å². The van der Waals surface area contributed by atoms with E-state index in [0.29, 0.717) is 30.1 Å². The van der Waals surface area contributed by atoms with Crippen LogP contribution in [0.3, 0.4) is 0 Å². The molecule has 0 aliphatic heterocycles. The van der Waals surface area contributed by atoms with Crippen LogP contribution in [-0.2, 0) is 14.3 Å². The van der Waals surface area contributed by atoms with Crippen LogP contribution in [0, 0.1) is 5.92 Å². The molecule has 35 heavy (non-hydrogen) atoms. The van der Waals surface area contributed by atoms with E-state index in [0.717, 1.165) is 37.9 Å². The van der Waals surface area contributed by atoms with E-state index in [9.17, 15) is 9.59 Å². The van der Waals surface area contributed by atoms with E-state index in [1.807, 2.05) is 18.2 Å². The van der Waals surface area contributed by atoms with Gasteiger partial charge in [-0.15, -0.1) is 0 Å². The number of carboxylic acid groups (broad SMARTS) is 1. The maximum atomic E-state index is 12.9. The molecule has 0 unspecified atom stereocenters. The van der Waals surface area contributed by atoms with Crippen LogP contribution in [0.5, 0.6) is 0 Å². The van der Waals surface area contributed by atoms with Crippen LogP contribution in [0.4, 0.5) is 0 Å². The molecule has 0 aromatic carbocycles. The number of ether oxygens (including phenoxy) is 1. The van der Waals surface area contributed by atoms with E-state index in [2.05, 4.69) is 49.3 Å². The van der Waals surface area contributed by atoms with Gasteiger partial charge >= 0.3 is 5.97 Å². The van der Waals surface area contributed by atoms with Crippen molar-refractivity contribution in [3.63, 3.8) is 0 Å². The Morgan fingerprint density at radius 1 is 1.06 bits per heavy atom. The largest absolute Gasteiger partial charge is 0.493 e. The van der Waals surface area contributed by atoms with Crippen molar-refractivity contribution in [3.8, 4) is 0 Å². The van der Waals surface area contributed by atoms with Crippen LogP contribution in [0.2, 0.25) is 0 Å². The molecule has 0 heterocycles. The maximum Gasteiger partial charge on any atom is 0.303 e. The van der Waals surface area contributed by atoms with E-state index in [-0.39, 0.29) is 18.9 Å². The first-order valence-electron chi connectivity index (χ1n) is 12.9. The Morgan fingerprint density at radius 2 is 1.83 bits per heavy atom. The maximum absolute atomic E-state index is 12.9. The molecular formula is C29H40N2O4. The molecule has 1 amide bonds. The second kappa shape index (κ2) is 13.2. The average Bonchev–Trinajstić information content (AvgIpc) is 2.83. The van der Waals surface area contributed by atoms with Crippen LogP contribution in [0.1, 0.15) is 71.6 Å². The smallest absolute Gasteiger partial charge is 0.303 e. The average molecular weight is 481 g/mol. The molecule has 0 fully saturated rings. The second-order valence-electron chi connectivity index (χ2n) is 10.0. The Hall–Kier alpha value is -3.02. The SMILES string of the molecule is CC(C)CC1=CC=C(CN(C)C2=CC=C(NC(=O)C3=C(OCCCC(=O)O)C=CCC3)CC2)CC1. The van der Waals surface area contributed by atoms with Gasteiger partial charge in [-0.05, 0) is 75.5 Å². The molecule has 0 radical (unpaired) electrons. The van der Waals surface area contributed by atoms with Crippen molar-refractivity contribution in [1.29, 1.82) is 0 Å². The molecular weight excluding hydrogens is 440 g/mol. The lowest BCUT2D eigenvalue weighted by Gasteiger charge is -2.28. The van der Waals surface area contributed by atoms with Gasteiger partial charge in [0.25, 0.3) is 5.91 Å². The summed E-state index contributed by atoms with van der Waals surface area (Å²) in [6.45, 7) is 5.77. The highest BCUT2D eigenvalue weighted by molar-refractivity contribution is 5.95. The zero-order valence-electron chi connectivity index (χ0n) is 21.4. The summed E-state index contributed by atoms with van der Waals surface area (Å²) in [7, 11) is 2.14. The van der Waals surface area contributed by atoms with Gasteiger partial charge in [0.1, 0.15) is 5.76 Å². The molecule has 0 spiro atoms. The summed E-state index contributed by atoms with van der Waals surface area (Å²) in [5.41, 5.74) is 5.85. The van der Waals surface area contributed by atoms with E-state index >= 15 is 0 Å². The topological polar surface area (TPSA) is 78.9 Å². The first-order valence-corrected chi connectivity index (χ1v) is 12.9. The molecule has 0 aromatic rings. The summed E-state index contributed by atoms with van der Waals surface area (Å²) in [5, 5.41) is 11.8. The first-order chi connectivity index (χ1) is 16.8. The first kappa shape index (κ1) is 26.6. The standard InChI is InChI=1S/C29H40N2O4/c1-21(2)19-22-10-12-23(13-11-22)20-31(3)25-16-14-24(15-17-25)30-29(34)26-7-4-5-8-27(26)35-18-6-9-28(32)33/h5,8,10,12,14,16,21H,4,6-7,9,11,13,15,17-20H2,1-3H3,(H,30,34)(H,32,33). The minimum absolute atomic E-state index is 0.0572. The van der Waals surface area contributed by atoms with E-state index in [1.54, 1.807) is 5.57 Å². The Labute approximate surface area is 209 Å². The van der Waals surface area contributed by atoms with Gasteiger partial charge in [0.2, 0.25) is 0 Å². The summed E-state index contributed by atoms with van der Waals surface area (Å²) < 4.78 is 5.72. The fraction of sp³-hybridized carbons (Fsp3) is 0.517. The number of allylic oxidation sites excluding steroid dienone is 9. The lowest BCUT2D eigenvalue weighted by molar-refractivity contribution is -0.137. The van der Waals surface area contributed by atoms with Gasteiger partial charge in [-0.25, -0.2) is 0 Å². The van der Waals surface area contributed by atoms with Crippen molar-refractivity contribution in [2.75, 3.05) is 20.2 Å². The molecule has 3 rings (SSSR count). The third-order valence-corrected chi connectivity index (χ3v) is 6.52. The summed E-state index contributed by atoms with van der Waals surface area (Å²) in [6, 6.07) is 0. The molecule has 0 aromatic heterocycles. The highest BCUT2D eigenvalue weighted by Crippen LogP contribution is 2.27. The normalized spacial score (nSPS) is 17.9. The quantitative estimate of drug-likeness (QED) is 0.347. The Morgan fingerprint density at radius 3 is 2.49 bits per heavy atom. The Balaban J connectivity index is 1.54. The van der Waals surface area contributed by atoms with Gasteiger partial charge in [-0.1, -0.05) is 43.2 Å². The third-order valence-electron chi connectivity index (χ3n) is 6.52. The number of nitrogens with zero attached hydrogens (tertiary/aromatic N) is 1. The zero-order chi connectivity index (χ0) is 25.2. The monoisotopic (exact) mass is 480 g/mol. The van der Waals surface area contributed by atoms with Gasteiger partial charge in [0.15, 0.2) is 0 Å². The number of hydrogen-bond acceptors (Lipinski definition) is 4. The van der Waals surface area contributed by atoms with Crippen LogP contribution in [0.25, 0.3) is 0 Å². The minimum Gasteiger partial charge on any atom is -0.493 e. The van der Waals surface area contributed by atoms with Gasteiger partial charge in [0.05, 0.1) is 12.2 Å². The van der Waals surface area contributed by atoms with Gasteiger partial charge in [0, 0.05) is 31.4 Å². The molecule has 0 bridgehead atoms. The number of carbonyl (C=O) groups excluding carboxylic acids is 1. The number of hydrogen-bond donors (Lipinski definition) is 2. The van der Waals surface area contributed by atoms with Crippen molar-refractivity contribution < 1.29 is 19.4 Å². The number of nitrogens with one attached hydrogen (secondary N) is 1. The molecule has 0 saturated heterocycles. The highest BCUT2D eigenvalue weighted by Gasteiger charge is 2.20. The van der Waals surface area contributed by atoms with Gasteiger partial charge in [-0.2, -0.15) is 0 Å². The van der Waals surface area contributed by atoms with Crippen molar-refractivity contribution in [2.24, 2.45) is 5.92 Å². The van der Waals surface area contributed by atoms with Crippen LogP contribution < -0.4 is 5.32 Å². The highest BCUT2D eigenvalue weighted by atomic mass is 16.5. The molecule has 6 heteroatoms. The van der Waals surface area contributed by atoms with Crippen LogP contribution in [-0.4, -0.2) is 42.1 Å². The number of rotatable bonds is 12. The van der Waals surface area contributed by atoms with Crippen molar-refractivity contribution in [2.45, 2.75) is 71.6 Å². The minimum atomic E-state index is -0.842. The Bertz CT molecular complexity index is 979. The summed E-state index contributed by atoms with van der Waals surface area (Å²) in [4.78, 5) is 25.9. The number of carbonyl (C=O) groups is 2. The molecule has 6 nitrogen and oxygen atoms in total. The summed E-state index contributed by atoms with van der Waals surface area (Å²) in [6.07, 6.45) is 19.6. The Kier molecular flexibility index (Phi) is 10.0. The number of carboxylic acids is 1. The molecule has 0 atom stereocenters. The predicted octanol–water partition coefficient (Wildman–Crippen LogP) is 5.77. The van der Waals surface area contributed by atoms with Crippen LogP contribution in [0.15, 0.2) is 70.3 Å². The second-order valence-corrected chi connectivity index (χ2v) is 10.0. The van der Waals surface area contributed by atoms with Gasteiger partial charge in [-0.3, -0.25) is 9.59 Å². The molecule has 3 aliphatic rings. The molecule has 190 valence electrons. The summed E-state index contributed by atoms with van der Waals surface area (Å²) in [5.74, 6) is 0.292. The predicted molar refractivity (Wildman–Crippen MR) is 139 cm³/mol. The number of aliphatic carboxylic acids is 1.